The van der Waals surface area contributed by atoms with Crippen LogP contribution in [0.15, 0.2) is 0 Å². The Morgan fingerprint density at radius 1 is 1.22 bits per heavy atom. The lowest BCUT2D eigenvalue weighted by atomic mass is 9.96. The van der Waals surface area contributed by atoms with E-state index in [1.54, 1.807) is 4.90 Å². The van der Waals surface area contributed by atoms with Gasteiger partial charge in [0.2, 0.25) is 11.8 Å². The van der Waals surface area contributed by atoms with Crippen molar-refractivity contribution in [2.75, 3.05) is 45.8 Å². The summed E-state index contributed by atoms with van der Waals surface area (Å²) in [6.45, 7) is 4.03. The fourth-order valence-electron chi connectivity index (χ4n) is 3.58. The van der Waals surface area contributed by atoms with Crippen LogP contribution < -0.4 is 10.6 Å². The van der Waals surface area contributed by atoms with Crippen molar-refractivity contribution in [1.82, 2.24) is 20.4 Å². The highest BCUT2D eigenvalue weighted by Gasteiger charge is 2.44. The van der Waals surface area contributed by atoms with Crippen LogP contribution in [0.3, 0.4) is 0 Å². The van der Waals surface area contributed by atoms with Gasteiger partial charge in [-0.15, -0.1) is 12.4 Å². The molecule has 6 nitrogen and oxygen atoms in total. The summed E-state index contributed by atoms with van der Waals surface area (Å²) in [5.41, 5.74) is 0. The Hall–Kier alpha value is -1.06. The molecule has 2 fully saturated rings. The minimum Gasteiger partial charge on any atom is -0.354 e. The Bertz CT molecular complexity index is 487. The molecule has 0 bridgehead atoms. The average molecular weight is 415 g/mol. The monoisotopic (exact) mass is 414 g/mol. The molecule has 2 unspecified atom stereocenters. The summed E-state index contributed by atoms with van der Waals surface area (Å²) in [6.07, 6.45) is -1.90. The van der Waals surface area contributed by atoms with Crippen LogP contribution in [0.5, 0.6) is 0 Å². The van der Waals surface area contributed by atoms with Gasteiger partial charge in [-0.3, -0.25) is 14.5 Å². The SMILES string of the molecule is CCCC(=O)N1CCCC(C(=O)NCC(N2CCNCC2)C(F)(F)F)C1.Cl. The number of alkyl halides is 3. The zero-order chi connectivity index (χ0) is 19.2. The van der Waals surface area contributed by atoms with Crippen LogP contribution in [0.25, 0.3) is 0 Å². The van der Waals surface area contributed by atoms with Gasteiger partial charge in [0.15, 0.2) is 0 Å². The molecule has 0 aromatic heterocycles. The highest BCUT2D eigenvalue weighted by Crippen LogP contribution is 2.25. The lowest BCUT2D eigenvalue weighted by molar-refractivity contribution is -0.184. The molecule has 2 amide bonds. The molecule has 2 N–H and O–H groups in total. The van der Waals surface area contributed by atoms with Crippen molar-refractivity contribution in [3.8, 4) is 0 Å². The van der Waals surface area contributed by atoms with Crippen molar-refractivity contribution in [1.29, 1.82) is 0 Å². The molecule has 2 aliphatic heterocycles. The van der Waals surface area contributed by atoms with E-state index in [2.05, 4.69) is 10.6 Å². The molecule has 0 aliphatic carbocycles. The minimum absolute atomic E-state index is 0. The maximum Gasteiger partial charge on any atom is 0.405 e. The zero-order valence-corrected chi connectivity index (χ0v) is 16.5. The Balaban J connectivity index is 0.00000364. The zero-order valence-electron chi connectivity index (χ0n) is 15.7. The van der Waals surface area contributed by atoms with Crippen LogP contribution in [-0.4, -0.2) is 79.6 Å². The summed E-state index contributed by atoms with van der Waals surface area (Å²) < 4.78 is 40.2. The molecule has 2 saturated heterocycles. The average Bonchev–Trinajstić information content (AvgIpc) is 2.62. The molecule has 0 aromatic rings. The molecule has 2 rings (SSSR count). The Kier molecular flexibility index (Phi) is 9.83. The van der Waals surface area contributed by atoms with E-state index in [0.717, 1.165) is 6.42 Å². The van der Waals surface area contributed by atoms with Gasteiger partial charge in [-0.25, -0.2) is 0 Å². The number of carbonyl (C=O) groups is 2. The second-order valence-corrected chi connectivity index (χ2v) is 7.02. The van der Waals surface area contributed by atoms with Crippen molar-refractivity contribution >= 4 is 24.2 Å². The number of likely N-dealkylation sites (tertiary alicyclic amines) is 1. The van der Waals surface area contributed by atoms with E-state index in [1.807, 2.05) is 6.92 Å². The predicted molar refractivity (Wildman–Crippen MR) is 98.8 cm³/mol. The van der Waals surface area contributed by atoms with Gasteiger partial charge in [0.25, 0.3) is 0 Å². The smallest absolute Gasteiger partial charge is 0.354 e. The molecule has 2 heterocycles. The molecular weight excluding hydrogens is 385 g/mol. The molecular formula is C17H30ClF3N4O2. The normalized spacial score (nSPS) is 22.7. The van der Waals surface area contributed by atoms with E-state index < -0.39 is 24.7 Å². The molecule has 0 radical (unpaired) electrons. The van der Waals surface area contributed by atoms with Crippen molar-refractivity contribution < 1.29 is 22.8 Å². The highest BCUT2D eigenvalue weighted by atomic mass is 35.5. The van der Waals surface area contributed by atoms with Crippen LogP contribution in [0.2, 0.25) is 0 Å². The van der Waals surface area contributed by atoms with Crippen molar-refractivity contribution in [3.05, 3.63) is 0 Å². The van der Waals surface area contributed by atoms with Crippen LogP contribution in [0, 0.1) is 5.92 Å². The standard InChI is InChI=1S/C17H29F3N4O2.ClH/c1-2-4-15(25)24-8-3-5-13(12-24)16(26)22-11-14(17(18,19)20)23-9-6-21-7-10-23;/h13-14,21H,2-12H2,1H3,(H,22,26);1H. The Morgan fingerprint density at radius 3 is 2.48 bits per heavy atom. The molecule has 2 aliphatic rings. The largest absolute Gasteiger partial charge is 0.405 e. The lowest BCUT2D eigenvalue weighted by Gasteiger charge is -2.36. The van der Waals surface area contributed by atoms with E-state index in [0.29, 0.717) is 58.5 Å². The topological polar surface area (TPSA) is 64.7 Å². The second kappa shape index (κ2) is 11.1. The van der Waals surface area contributed by atoms with Crippen molar-refractivity contribution in [3.63, 3.8) is 0 Å². The number of hydrogen-bond acceptors (Lipinski definition) is 4. The molecule has 0 saturated carbocycles. The maximum absolute atomic E-state index is 13.4. The second-order valence-electron chi connectivity index (χ2n) is 7.02. The molecule has 0 aromatic carbocycles. The number of amides is 2. The van der Waals surface area contributed by atoms with Crippen LogP contribution in [0.1, 0.15) is 32.6 Å². The van der Waals surface area contributed by atoms with E-state index in [9.17, 15) is 22.8 Å². The number of nitrogens with zero attached hydrogens (tertiary/aromatic N) is 2. The van der Waals surface area contributed by atoms with Gasteiger partial charge in [-0.05, 0) is 19.3 Å². The molecule has 158 valence electrons. The van der Waals surface area contributed by atoms with E-state index in [4.69, 9.17) is 0 Å². The van der Waals surface area contributed by atoms with Gasteiger partial charge in [-0.2, -0.15) is 13.2 Å². The summed E-state index contributed by atoms with van der Waals surface area (Å²) in [5, 5.41) is 5.52. The molecule has 2 atom stereocenters. The summed E-state index contributed by atoms with van der Waals surface area (Å²) in [5.74, 6) is -0.802. The van der Waals surface area contributed by atoms with E-state index in [-0.39, 0.29) is 24.2 Å². The van der Waals surface area contributed by atoms with Gasteiger partial charge in [-0.1, -0.05) is 6.92 Å². The van der Waals surface area contributed by atoms with Gasteiger partial charge < -0.3 is 15.5 Å². The van der Waals surface area contributed by atoms with Crippen LogP contribution in [-0.2, 0) is 9.59 Å². The first-order valence-electron chi connectivity index (χ1n) is 9.40. The number of halogens is 4. The van der Waals surface area contributed by atoms with E-state index >= 15 is 0 Å². The number of rotatable bonds is 6. The number of nitrogens with one attached hydrogen (secondary N) is 2. The summed E-state index contributed by atoms with van der Waals surface area (Å²) in [4.78, 5) is 27.4. The predicted octanol–water partition coefficient (Wildman–Crippen LogP) is 1.40. The first-order chi connectivity index (χ1) is 12.3. The van der Waals surface area contributed by atoms with Gasteiger partial charge in [0.1, 0.15) is 6.04 Å². The number of hydrogen-bond donors (Lipinski definition) is 2. The summed E-state index contributed by atoms with van der Waals surface area (Å²) in [6, 6.07) is -1.67. The maximum atomic E-state index is 13.4. The van der Waals surface area contributed by atoms with Gasteiger partial charge in [0.05, 0.1) is 5.92 Å². The fourth-order valence-corrected chi connectivity index (χ4v) is 3.58. The Morgan fingerprint density at radius 2 is 1.89 bits per heavy atom. The third-order valence-corrected chi connectivity index (χ3v) is 5.05. The number of piperidine rings is 1. The number of carbonyl (C=O) groups excluding carboxylic acids is 2. The third kappa shape index (κ3) is 7.12. The van der Waals surface area contributed by atoms with Gasteiger partial charge >= 0.3 is 6.18 Å². The highest BCUT2D eigenvalue weighted by molar-refractivity contribution is 5.85. The molecule has 27 heavy (non-hydrogen) atoms. The first-order valence-corrected chi connectivity index (χ1v) is 9.40. The Labute approximate surface area is 164 Å². The fraction of sp³-hybridized carbons (Fsp3) is 0.882. The minimum atomic E-state index is -4.39. The third-order valence-electron chi connectivity index (χ3n) is 5.05. The quantitative estimate of drug-likeness (QED) is 0.689. The van der Waals surface area contributed by atoms with Crippen molar-refractivity contribution in [2.45, 2.75) is 44.8 Å². The first kappa shape index (κ1) is 24.0. The van der Waals surface area contributed by atoms with Crippen LogP contribution in [0.4, 0.5) is 13.2 Å². The van der Waals surface area contributed by atoms with Crippen LogP contribution >= 0.6 is 12.4 Å². The summed E-state index contributed by atoms with van der Waals surface area (Å²) >= 11 is 0. The summed E-state index contributed by atoms with van der Waals surface area (Å²) in [7, 11) is 0. The lowest BCUT2D eigenvalue weighted by Crippen LogP contribution is -2.58. The van der Waals surface area contributed by atoms with Crippen molar-refractivity contribution in [2.24, 2.45) is 5.92 Å². The molecule has 0 spiro atoms. The van der Waals surface area contributed by atoms with E-state index in [1.165, 1.54) is 4.90 Å². The molecule has 10 heteroatoms. The van der Waals surface area contributed by atoms with Gasteiger partial charge in [0, 0.05) is 52.2 Å². The number of piperazine rings is 1.